The molecule has 2 amide bonds. The van der Waals surface area contributed by atoms with Crippen molar-refractivity contribution in [2.45, 2.75) is 25.7 Å². The van der Waals surface area contributed by atoms with Gasteiger partial charge in [0.1, 0.15) is 29.4 Å². The SMILES string of the molecule is CC1(C(=O)NCc2ccc(F)cc2F)CN2C[C@H]3OC[C@H](CF)N3C(=O)C2=C(O)C1=O. The molecule has 3 aliphatic rings. The monoisotopic (exact) mass is 439 g/mol. The second-order valence-electron chi connectivity index (χ2n) is 7.97. The molecule has 0 aliphatic carbocycles. The van der Waals surface area contributed by atoms with Crippen LogP contribution < -0.4 is 5.32 Å². The second-order valence-corrected chi connectivity index (χ2v) is 7.97. The van der Waals surface area contributed by atoms with E-state index in [4.69, 9.17) is 4.74 Å². The number of hydrogen-bond donors (Lipinski definition) is 2. The van der Waals surface area contributed by atoms with Crippen molar-refractivity contribution >= 4 is 17.6 Å². The van der Waals surface area contributed by atoms with Gasteiger partial charge in [-0.05, 0) is 13.0 Å². The average molecular weight is 439 g/mol. The molecule has 11 heteroatoms. The molecular formula is C20H20F3N3O5. The van der Waals surface area contributed by atoms with E-state index >= 15 is 0 Å². The molecule has 0 bridgehead atoms. The predicted molar refractivity (Wildman–Crippen MR) is 98.9 cm³/mol. The maximum atomic E-state index is 13.8. The third kappa shape index (κ3) is 3.32. The van der Waals surface area contributed by atoms with Gasteiger partial charge in [-0.2, -0.15) is 0 Å². The van der Waals surface area contributed by atoms with Gasteiger partial charge >= 0.3 is 0 Å². The highest BCUT2D eigenvalue weighted by atomic mass is 19.1. The molecule has 31 heavy (non-hydrogen) atoms. The van der Waals surface area contributed by atoms with E-state index in [1.165, 1.54) is 17.9 Å². The molecule has 3 heterocycles. The van der Waals surface area contributed by atoms with Gasteiger partial charge < -0.3 is 25.0 Å². The average Bonchev–Trinajstić information content (AvgIpc) is 3.14. The number of carbonyl (C=O) groups is 3. The summed E-state index contributed by atoms with van der Waals surface area (Å²) in [5, 5.41) is 12.9. The fourth-order valence-electron chi connectivity index (χ4n) is 4.14. The molecule has 4 rings (SSSR count). The van der Waals surface area contributed by atoms with Crippen LogP contribution in [-0.4, -0.2) is 71.1 Å². The number of nitrogens with zero attached hydrogens (tertiary/aromatic N) is 2. The van der Waals surface area contributed by atoms with Crippen molar-refractivity contribution in [3.05, 3.63) is 46.9 Å². The lowest BCUT2D eigenvalue weighted by Gasteiger charge is -2.45. The molecule has 1 unspecified atom stereocenters. The van der Waals surface area contributed by atoms with E-state index in [0.717, 1.165) is 11.0 Å². The summed E-state index contributed by atoms with van der Waals surface area (Å²) in [6, 6.07) is 2.07. The van der Waals surface area contributed by atoms with Gasteiger partial charge in [-0.3, -0.25) is 14.4 Å². The summed E-state index contributed by atoms with van der Waals surface area (Å²) in [5.41, 5.74) is -2.05. The van der Waals surface area contributed by atoms with Crippen molar-refractivity contribution in [3.63, 3.8) is 0 Å². The largest absolute Gasteiger partial charge is 0.503 e. The van der Waals surface area contributed by atoms with E-state index < -0.39 is 59.4 Å². The number of fused-ring (bicyclic) bond motifs is 2. The van der Waals surface area contributed by atoms with E-state index in [-0.39, 0.29) is 37.5 Å². The van der Waals surface area contributed by atoms with Crippen LogP contribution in [0.5, 0.6) is 0 Å². The summed E-state index contributed by atoms with van der Waals surface area (Å²) in [7, 11) is 0. The first-order valence-electron chi connectivity index (χ1n) is 9.63. The van der Waals surface area contributed by atoms with Gasteiger partial charge in [-0.15, -0.1) is 0 Å². The number of allylic oxidation sites excluding steroid dienone is 1. The van der Waals surface area contributed by atoms with E-state index in [9.17, 15) is 32.7 Å². The summed E-state index contributed by atoms with van der Waals surface area (Å²) < 4.78 is 45.6. The number of hydrogen-bond acceptors (Lipinski definition) is 6. The molecule has 3 aliphatic heterocycles. The maximum Gasteiger partial charge on any atom is 0.276 e. The Hall–Kier alpha value is -3.08. The zero-order chi connectivity index (χ0) is 22.5. The number of aliphatic hydroxyl groups is 1. The molecule has 0 aromatic heterocycles. The number of amides is 2. The van der Waals surface area contributed by atoms with Crippen LogP contribution in [-0.2, 0) is 25.7 Å². The minimum atomic E-state index is -1.77. The molecule has 0 saturated carbocycles. The van der Waals surface area contributed by atoms with Gasteiger partial charge in [0.15, 0.2) is 12.0 Å². The summed E-state index contributed by atoms with van der Waals surface area (Å²) in [5.74, 6) is -5.01. The number of ketones is 1. The Morgan fingerprint density at radius 2 is 2.10 bits per heavy atom. The minimum absolute atomic E-state index is 0.0102. The molecule has 1 aromatic carbocycles. The lowest BCUT2D eigenvalue weighted by molar-refractivity contribution is -0.152. The number of carbonyl (C=O) groups excluding carboxylic acids is 3. The highest BCUT2D eigenvalue weighted by Crippen LogP contribution is 2.37. The van der Waals surface area contributed by atoms with Crippen LogP contribution in [0.3, 0.4) is 0 Å². The van der Waals surface area contributed by atoms with Crippen LogP contribution in [0.25, 0.3) is 0 Å². The molecule has 8 nitrogen and oxygen atoms in total. The number of alkyl halides is 1. The van der Waals surface area contributed by atoms with Gasteiger partial charge in [0, 0.05) is 24.7 Å². The van der Waals surface area contributed by atoms with Crippen molar-refractivity contribution in [3.8, 4) is 0 Å². The number of nitrogens with one attached hydrogen (secondary N) is 1. The predicted octanol–water partition coefficient (Wildman–Crippen LogP) is 0.778. The van der Waals surface area contributed by atoms with Crippen LogP contribution in [0.15, 0.2) is 29.7 Å². The standard InChI is InChI=1S/C20H20F3N3O5/c1-20(19(30)24-6-10-2-3-11(22)4-13(10)23)9-25-7-14-26(12(5-21)8-31-14)18(29)15(25)16(27)17(20)28/h2-4,12,14,27H,5-9H2,1H3,(H,24,30)/t12-,14+,20?/m0/s1. The normalized spacial score (nSPS) is 28.0. The third-order valence-electron chi connectivity index (χ3n) is 5.90. The Kier molecular flexibility index (Phi) is 5.16. The third-order valence-corrected chi connectivity index (χ3v) is 5.90. The number of halogens is 3. The number of piperazine rings is 1. The molecule has 166 valence electrons. The first-order chi connectivity index (χ1) is 14.7. The number of ether oxygens (including phenoxy) is 1. The van der Waals surface area contributed by atoms with Gasteiger partial charge in [-0.25, -0.2) is 13.2 Å². The zero-order valence-corrected chi connectivity index (χ0v) is 16.5. The molecule has 1 aromatic rings. The summed E-state index contributed by atoms with van der Waals surface area (Å²) in [6.45, 7) is -0.0295. The quantitative estimate of drug-likeness (QED) is 0.673. The Morgan fingerprint density at radius 1 is 1.35 bits per heavy atom. The van der Waals surface area contributed by atoms with E-state index in [1.54, 1.807) is 0 Å². The highest BCUT2D eigenvalue weighted by molar-refractivity contribution is 6.16. The van der Waals surface area contributed by atoms with Crippen LogP contribution >= 0.6 is 0 Å². The van der Waals surface area contributed by atoms with Gasteiger partial charge in [0.05, 0.1) is 19.2 Å². The fraction of sp³-hybridized carbons (Fsp3) is 0.450. The van der Waals surface area contributed by atoms with Crippen LogP contribution in [0.2, 0.25) is 0 Å². The molecule has 3 atom stereocenters. The number of rotatable bonds is 4. The lowest BCUT2D eigenvalue weighted by atomic mass is 9.79. The first-order valence-corrected chi connectivity index (χ1v) is 9.63. The number of Topliss-reactive ketones (excluding diaryl/α,β-unsaturated/α-hetero) is 1. The van der Waals surface area contributed by atoms with Crippen LogP contribution in [0, 0.1) is 17.0 Å². The molecule has 2 saturated heterocycles. The van der Waals surface area contributed by atoms with Gasteiger partial charge in [0.2, 0.25) is 11.7 Å². The highest BCUT2D eigenvalue weighted by Gasteiger charge is 2.55. The molecule has 0 radical (unpaired) electrons. The fourth-order valence-corrected chi connectivity index (χ4v) is 4.14. The minimum Gasteiger partial charge on any atom is -0.503 e. The van der Waals surface area contributed by atoms with Crippen LogP contribution in [0.1, 0.15) is 12.5 Å². The maximum absolute atomic E-state index is 13.8. The molecular weight excluding hydrogens is 419 g/mol. The van der Waals surface area contributed by atoms with Crippen molar-refractivity contribution in [2.75, 3.05) is 26.4 Å². The van der Waals surface area contributed by atoms with Crippen molar-refractivity contribution in [1.29, 1.82) is 0 Å². The van der Waals surface area contributed by atoms with Gasteiger partial charge in [-0.1, -0.05) is 6.07 Å². The Morgan fingerprint density at radius 3 is 2.77 bits per heavy atom. The summed E-state index contributed by atoms with van der Waals surface area (Å²) in [4.78, 5) is 41.1. The summed E-state index contributed by atoms with van der Waals surface area (Å²) >= 11 is 0. The van der Waals surface area contributed by atoms with Gasteiger partial charge in [0.25, 0.3) is 5.91 Å². The number of aliphatic hydroxyl groups excluding tert-OH is 1. The van der Waals surface area contributed by atoms with Crippen molar-refractivity contribution in [2.24, 2.45) is 5.41 Å². The molecule has 0 spiro atoms. The second kappa shape index (κ2) is 7.56. The number of benzene rings is 1. The van der Waals surface area contributed by atoms with E-state index in [0.29, 0.717) is 6.07 Å². The lowest BCUT2D eigenvalue weighted by Crippen LogP contribution is -2.63. The van der Waals surface area contributed by atoms with E-state index in [1.807, 2.05) is 0 Å². The smallest absolute Gasteiger partial charge is 0.276 e. The topological polar surface area (TPSA) is 99.2 Å². The Bertz CT molecular complexity index is 1000. The molecule has 2 fully saturated rings. The molecule has 2 N–H and O–H groups in total. The van der Waals surface area contributed by atoms with Crippen LogP contribution in [0.4, 0.5) is 13.2 Å². The Balaban J connectivity index is 1.56. The summed E-state index contributed by atoms with van der Waals surface area (Å²) in [6.07, 6.45) is -0.765. The Labute approximate surface area is 175 Å². The van der Waals surface area contributed by atoms with Crippen molar-refractivity contribution in [1.82, 2.24) is 15.1 Å². The first kappa shape index (κ1) is 21.2. The van der Waals surface area contributed by atoms with Crippen molar-refractivity contribution < 1.29 is 37.4 Å². The zero-order valence-electron chi connectivity index (χ0n) is 16.5. The van der Waals surface area contributed by atoms with E-state index in [2.05, 4.69) is 5.32 Å².